The van der Waals surface area contributed by atoms with Crippen molar-refractivity contribution in [2.24, 2.45) is 18.7 Å². The van der Waals surface area contributed by atoms with E-state index in [2.05, 4.69) is 32.1 Å². The lowest BCUT2D eigenvalue weighted by Crippen LogP contribution is -2.23. The molecule has 0 aromatic carbocycles. The minimum Gasteiger partial charge on any atom is -0.327 e. The summed E-state index contributed by atoms with van der Waals surface area (Å²) < 4.78 is 1.84. The average Bonchev–Trinajstić information content (AvgIpc) is 2.64. The van der Waals surface area contributed by atoms with Crippen LogP contribution in [0.1, 0.15) is 38.0 Å². The molecule has 2 N–H and O–H groups in total. The standard InChI is InChI=1S/C12H23N3S/c1-5-9(2)8-16-12(10(3)13)11-6-14-15(4)7-11/h6-7,9-10,12H,5,8,13H2,1-4H3. The Balaban J connectivity index is 2.61. The van der Waals surface area contributed by atoms with E-state index in [0.29, 0.717) is 5.25 Å². The smallest absolute Gasteiger partial charge is 0.0533 e. The molecule has 0 saturated heterocycles. The summed E-state index contributed by atoms with van der Waals surface area (Å²) >= 11 is 1.95. The van der Waals surface area contributed by atoms with E-state index in [4.69, 9.17) is 5.73 Å². The number of aryl methyl sites for hydroxylation is 1. The zero-order chi connectivity index (χ0) is 12.1. The highest BCUT2D eigenvalue weighted by molar-refractivity contribution is 7.99. The number of hydrogen-bond donors (Lipinski definition) is 1. The first-order valence-electron chi connectivity index (χ1n) is 5.90. The van der Waals surface area contributed by atoms with E-state index < -0.39 is 0 Å². The predicted molar refractivity (Wildman–Crippen MR) is 71.5 cm³/mol. The largest absolute Gasteiger partial charge is 0.327 e. The highest BCUT2D eigenvalue weighted by Crippen LogP contribution is 2.32. The molecule has 0 aliphatic rings. The highest BCUT2D eigenvalue weighted by atomic mass is 32.2. The van der Waals surface area contributed by atoms with Gasteiger partial charge in [0.25, 0.3) is 0 Å². The van der Waals surface area contributed by atoms with Crippen molar-refractivity contribution in [3.05, 3.63) is 18.0 Å². The molecule has 0 bridgehead atoms. The summed E-state index contributed by atoms with van der Waals surface area (Å²) in [6, 6.07) is 0.165. The molecule has 3 atom stereocenters. The van der Waals surface area contributed by atoms with Crippen LogP contribution < -0.4 is 5.73 Å². The lowest BCUT2D eigenvalue weighted by atomic mass is 10.1. The lowest BCUT2D eigenvalue weighted by Gasteiger charge is -2.20. The molecule has 1 aromatic rings. The maximum Gasteiger partial charge on any atom is 0.0533 e. The van der Waals surface area contributed by atoms with E-state index in [9.17, 15) is 0 Å². The number of rotatable bonds is 6. The molecule has 3 nitrogen and oxygen atoms in total. The van der Waals surface area contributed by atoms with Gasteiger partial charge in [-0.05, 0) is 18.6 Å². The lowest BCUT2D eigenvalue weighted by molar-refractivity contribution is 0.631. The molecule has 0 aliphatic carbocycles. The number of aromatic nitrogens is 2. The Bertz CT molecular complexity index is 309. The van der Waals surface area contributed by atoms with Crippen LogP contribution in [0.3, 0.4) is 0 Å². The first kappa shape index (κ1) is 13.6. The van der Waals surface area contributed by atoms with Crippen molar-refractivity contribution in [2.45, 2.75) is 38.5 Å². The summed E-state index contributed by atoms with van der Waals surface area (Å²) in [5.41, 5.74) is 7.29. The third-order valence-electron chi connectivity index (χ3n) is 2.79. The molecule has 92 valence electrons. The van der Waals surface area contributed by atoms with Gasteiger partial charge in [-0.15, -0.1) is 0 Å². The van der Waals surface area contributed by atoms with Crippen LogP contribution in [0, 0.1) is 5.92 Å². The fourth-order valence-electron chi connectivity index (χ4n) is 1.52. The Morgan fingerprint density at radius 3 is 2.62 bits per heavy atom. The van der Waals surface area contributed by atoms with Gasteiger partial charge in [0.2, 0.25) is 0 Å². The second-order valence-electron chi connectivity index (χ2n) is 4.57. The summed E-state index contributed by atoms with van der Waals surface area (Å²) in [5, 5.41) is 4.58. The number of hydrogen-bond acceptors (Lipinski definition) is 3. The Morgan fingerprint density at radius 1 is 1.50 bits per heavy atom. The van der Waals surface area contributed by atoms with Gasteiger partial charge in [0, 0.05) is 30.1 Å². The highest BCUT2D eigenvalue weighted by Gasteiger charge is 2.18. The van der Waals surface area contributed by atoms with Crippen molar-refractivity contribution in [1.29, 1.82) is 0 Å². The molecule has 0 aliphatic heterocycles. The molecule has 1 heterocycles. The van der Waals surface area contributed by atoms with Gasteiger partial charge in [-0.25, -0.2) is 0 Å². The number of nitrogens with two attached hydrogens (primary N) is 1. The third-order valence-corrected chi connectivity index (χ3v) is 4.61. The Morgan fingerprint density at radius 2 is 2.19 bits per heavy atom. The van der Waals surface area contributed by atoms with Crippen molar-refractivity contribution >= 4 is 11.8 Å². The summed E-state index contributed by atoms with van der Waals surface area (Å²) in [5.74, 6) is 1.92. The molecule has 0 radical (unpaired) electrons. The molecule has 16 heavy (non-hydrogen) atoms. The van der Waals surface area contributed by atoms with Gasteiger partial charge in [-0.2, -0.15) is 16.9 Å². The van der Waals surface area contributed by atoms with Gasteiger partial charge in [0.15, 0.2) is 0 Å². The van der Waals surface area contributed by atoms with Crippen LogP contribution in [0.15, 0.2) is 12.4 Å². The summed E-state index contributed by atoms with van der Waals surface area (Å²) in [6.45, 7) is 6.59. The fourth-order valence-corrected chi connectivity index (χ4v) is 2.91. The number of thioether (sulfide) groups is 1. The molecule has 0 saturated carbocycles. The van der Waals surface area contributed by atoms with Crippen molar-refractivity contribution in [3.63, 3.8) is 0 Å². The molecule has 4 heteroatoms. The first-order valence-corrected chi connectivity index (χ1v) is 6.95. The normalized spacial score (nSPS) is 17.1. The van der Waals surface area contributed by atoms with Gasteiger partial charge in [-0.1, -0.05) is 20.3 Å². The fraction of sp³-hybridized carbons (Fsp3) is 0.750. The Labute approximate surface area is 103 Å². The average molecular weight is 241 g/mol. The van der Waals surface area contributed by atoms with Crippen LogP contribution in [0.4, 0.5) is 0 Å². The summed E-state index contributed by atoms with van der Waals surface area (Å²) in [4.78, 5) is 0. The first-order chi connectivity index (χ1) is 7.54. The monoisotopic (exact) mass is 241 g/mol. The third kappa shape index (κ3) is 3.83. The van der Waals surface area contributed by atoms with Crippen molar-refractivity contribution in [1.82, 2.24) is 9.78 Å². The molecule has 0 amide bonds. The molecular formula is C12H23N3S. The van der Waals surface area contributed by atoms with Crippen LogP contribution >= 0.6 is 11.8 Å². The van der Waals surface area contributed by atoms with Gasteiger partial charge < -0.3 is 5.73 Å². The second-order valence-corrected chi connectivity index (χ2v) is 5.75. The zero-order valence-corrected chi connectivity index (χ0v) is 11.5. The molecule has 0 spiro atoms. The minimum absolute atomic E-state index is 0.165. The van der Waals surface area contributed by atoms with E-state index >= 15 is 0 Å². The number of nitrogens with zero attached hydrogens (tertiary/aromatic N) is 2. The Hall–Kier alpha value is -0.480. The Kier molecular flexibility index (Phi) is 5.35. The van der Waals surface area contributed by atoms with Crippen LogP contribution in [-0.2, 0) is 7.05 Å². The van der Waals surface area contributed by atoms with E-state index in [0.717, 1.165) is 11.7 Å². The summed E-state index contributed by atoms with van der Waals surface area (Å²) in [6.07, 6.45) is 5.22. The molecule has 3 unspecified atom stereocenters. The van der Waals surface area contributed by atoms with Gasteiger partial charge >= 0.3 is 0 Å². The van der Waals surface area contributed by atoms with Gasteiger partial charge in [-0.3, -0.25) is 4.68 Å². The van der Waals surface area contributed by atoms with E-state index in [1.165, 1.54) is 12.0 Å². The van der Waals surface area contributed by atoms with Crippen molar-refractivity contribution in [2.75, 3.05) is 5.75 Å². The van der Waals surface area contributed by atoms with Crippen LogP contribution in [0.25, 0.3) is 0 Å². The zero-order valence-electron chi connectivity index (χ0n) is 10.7. The van der Waals surface area contributed by atoms with Gasteiger partial charge in [0.1, 0.15) is 0 Å². The SMILES string of the molecule is CCC(C)CSC(c1cnn(C)c1)C(C)N. The molecular weight excluding hydrogens is 218 g/mol. The summed E-state index contributed by atoms with van der Waals surface area (Å²) in [7, 11) is 1.95. The van der Waals surface area contributed by atoms with Crippen molar-refractivity contribution < 1.29 is 0 Å². The quantitative estimate of drug-likeness (QED) is 0.832. The van der Waals surface area contributed by atoms with Crippen LogP contribution in [0.5, 0.6) is 0 Å². The van der Waals surface area contributed by atoms with E-state index in [1.54, 1.807) is 0 Å². The maximum absolute atomic E-state index is 6.05. The van der Waals surface area contributed by atoms with Gasteiger partial charge in [0.05, 0.1) is 6.20 Å². The van der Waals surface area contributed by atoms with Crippen LogP contribution in [0.2, 0.25) is 0 Å². The topological polar surface area (TPSA) is 43.8 Å². The molecule has 1 aromatic heterocycles. The molecule has 1 rings (SSSR count). The van der Waals surface area contributed by atoms with Crippen molar-refractivity contribution in [3.8, 4) is 0 Å². The second kappa shape index (κ2) is 6.30. The maximum atomic E-state index is 6.05. The van der Waals surface area contributed by atoms with E-state index in [1.807, 2.05) is 29.7 Å². The predicted octanol–water partition coefficient (Wildman–Crippen LogP) is 2.59. The van der Waals surface area contributed by atoms with Crippen LogP contribution in [-0.4, -0.2) is 21.6 Å². The molecule has 0 fully saturated rings. The minimum atomic E-state index is 0.165. The van der Waals surface area contributed by atoms with E-state index in [-0.39, 0.29) is 6.04 Å².